The molecule has 3 aliphatic carbocycles. The second-order valence-electron chi connectivity index (χ2n) is 7.50. The van der Waals surface area contributed by atoms with Crippen LogP contribution in [0.2, 0.25) is 0 Å². The van der Waals surface area contributed by atoms with Crippen molar-refractivity contribution in [3.8, 4) is 0 Å². The lowest BCUT2D eigenvalue weighted by atomic mass is 9.74. The van der Waals surface area contributed by atoms with E-state index in [1.165, 1.54) is 37.7 Å². The second kappa shape index (κ2) is 6.51. The highest BCUT2D eigenvalue weighted by molar-refractivity contribution is 5.74. The van der Waals surface area contributed by atoms with Gasteiger partial charge in [-0.15, -0.1) is 0 Å². The van der Waals surface area contributed by atoms with E-state index in [4.69, 9.17) is 4.74 Å². The van der Waals surface area contributed by atoms with Gasteiger partial charge in [-0.25, -0.2) is 0 Å². The van der Waals surface area contributed by atoms with Gasteiger partial charge in [-0.1, -0.05) is 68.2 Å². The molecule has 0 N–H and O–H groups in total. The van der Waals surface area contributed by atoms with E-state index in [0.29, 0.717) is 24.4 Å². The summed E-state index contributed by atoms with van der Waals surface area (Å²) in [5, 5.41) is 0. The fraction of sp³-hybridized carbons (Fsp3) is 0.571. The molecule has 4 unspecified atom stereocenters. The Morgan fingerprint density at radius 1 is 1.04 bits per heavy atom. The molecular formula is C21H26O2. The lowest BCUT2D eigenvalue weighted by molar-refractivity contribution is -0.152. The molecule has 122 valence electrons. The van der Waals surface area contributed by atoms with Gasteiger partial charge in [0.15, 0.2) is 0 Å². The first-order valence-electron chi connectivity index (χ1n) is 9.22. The topological polar surface area (TPSA) is 26.3 Å². The monoisotopic (exact) mass is 310 g/mol. The van der Waals surface area contributed by atoms with Crippen molar-refractivity contribution < 1.29 is 9.53 Å². The number of fused-ring (bicyclic) bond motifs is 2. The largest absolute Gasteiger partial charge is 0.465 e. The Morgan fingerprint density at radius 3 is 2.57 bits per heavy atom. The summed E-state index contributed by atoms with van der Waals surface area (Å²) < 4.78 is 5.70. The maximum atomic E-state index is 12.7. The molecule has 0 radical (unpaired) electrons. The molecule has 4 rings (SSSR count). The number of carbonyl (C=O) groups is 1. The fourth-order valence-electron chi connectivity index (χ4n) is 5.19. The zero-order valence-corrected chi connectivity index (χ0v) is 13.7. The van der Waals surface area contributed by atoms with Gasteiger partial charge in [0, 0.05) is 6.42 Å². The third kappa shape index (κ3) is 2.96. The Hall–Kier alpha value is -1.57. The van der Waals surface area contributed by atoms with Crippen LogP contribution in [0.3, 0.4) is 0 Å². The molecule has 1 aromatic carbocycles. The molecule has 23 heavy (non-hydrogen) atoms. The zero-order chi connectivity index (χ0) is 15.6. The van der Waals surface area contributed by atoms with E-state index < -0.39 is 0 Å². The van der Waals surface area contributed by atoms with Crippen LogP contribution in [0.1, 0.15) is 37.7 Å². The molecule has 0 aliphatic heterocycles. The van der Waals surface area contributed by atoms with Crippen LogP contribution in [0.25, 0.3) is 0 Å². The number of hydrogen-bond acceptors (Lipinski definition) is 2. The maximum absolute atomic E-state index is 12.7. The third-order valence-electron chi connectivity index (χ3n) is 6.21. The zero-order valence-electron chi connectivity index (χ0n) is 13.7. The fourth-order valence-corrected chi connectivity index (χ4v) is 5.19. The standard InChI is InChI=1S/C21H26O2/c22-21(23-13-12-15-6-2-1-3-7-15)20-18-11-10-17(14-18)19(20)16-8-4-5-9-16/h1-3,6-7,10-11,16-20H,4-5,8-9,12-14H2. The third-order valence-corrected chi connectivity index (χ3v) is 6.21. The van der Waals surface area contributed by atoms with Gasteiger partial charge in [0.05, 0.1) is 12.5 Å². The van der Waals surface area contributed by atoms with Crippen LogP contribution in [0.5, 0.6) is 0 Å². The van der Waals surface area contributed by atoms with Gasteiger partial charge in [0.1, 0.15) is 0 Å². The molecule has 2 nitrogen and oxygen atoms in total. The first-order chi connectivity index (χ1) is 11.3. The molecule has 2 saturated carbocycles. The van der Waals surface area contributed by atoms with Crippen molar-refractivity contribution >= 4 is 5.97 Å². The molecule has 2 heteroatoms. The van der Waals surface area contributed by atoms with E-state index in [2.05, 4.69) is 24.3 Å². The number of rotatable bonds is 5. The Kier molecular flexibility index (Phi) is 4.24. The number of esters is 1. The number of ether oxygens (including phenoxy) is 1. The molecule has 3 aliphatic rings. The summed E-state index contributed by atoms with van der Waals surface area (Å²) in [5.74, 6) is 2.57. The van der Waals surface area contributed by atoms with E-state index in [-0.39, 0.29) is 11.9 Å². The highest BCUT2D eigenvalue weighted by Crippen LogP contribution is 2.54. The van der Waals surface area contributed by atoms with Crippen molar-refractivity contribution in [3.05, 3.63) is 48.0 Å². The van der Waals surface area contributed by atoms with Crippen molar-refractivity contribution in [1.29, 1.82) is 0 Å². The molecule has 0 saturated heterocycles. The Balaban J connectivity index is 1.37. The number of hydrogen-bond donors (Lipinski definition) is 0. The van der Waals surface area contributed by atoms with Gasteiger partial charge in [-0.2, -0.15) is 0 Å². The van der Waals surface area contributed by atoms with E-state index in [1.54, 1.807) is 0 Å². The Morgan fingerprint density at radius 2 is 1.78 bits per heavy atom. The quantitative estimate of drug-likeness (QED) is 0.595. The van der Waals surface area contributed by atoms with Gasteiger partial charge in [0.2, 0.25) is 0 Å². The molecule has 0 spiro atoms. The van der Waals surface area contributed by atoms with Gasteiger partial charge >= 0.3 is 5.97 Å². The summed E-state index contributed by atoms with van der Waals surface area (Å²) in [7, 11) is 0. The lowest BCUT2D eigenvalue weighted by Crippen LogP contribution is -2.33. The maximum Gasteiger partial charge on any atom is 0.309 e. The average Bonchev–Trinajstić information content (AvgIpc) is 3.31. The summed E-state index contributed by atoms with van der Waals surface area (Å²) in [6.45, 7) is 0.512. The number of benzene rings is 1. The molecule has 0 aromatic heterocycles. The molecule has 2 fully saturated rings. The molecule has 1 aromatic rings. The van der Waals surface area contributed by atoms with Crippen LogP contribution in [-0.2, 0) is 16.0 Å². The van der Waals surface area contributed by atoms with Crippen LogP contribution < -0.4 is 0 Å². The molecule has 2 bridgehead atoms. The smallest absolute Gasteiger partial charge is 0.309 e. The molecule has 0 heterocycles. The minimum absolute atomic E-state index is 0.0645. The van der Waals surface area contributed by atoms with Crippen molar-refractivity contribution in [3.63, 3.8) is 0 Å². The van der Waals surface area contributed by atoms with Crippen molar-refractivity contribution in [2.45, 2.75) is 38.5 Å². The molecule has 0 amide bonds. The highest BCUT2D eigenvalue weighted by atomic mass is 16.5. The average molecular weight is 310 g/mol. The Bertz CT molecular complexity index is 571. The number of carbonyl (C=O) groups excluding carboxylic acids is 1. The van der Waals surface area contributed by atoms with Crippen molar-refractivity contribution in [2.24, 2.45) is 29.6 Å². The summed E-state index contributed by atoms with van der Waals surface area (Å²) in [5.41, 5.74) is 1.24. The summed E-state index contributed by atoms with van der Waals surface area (Å²) in [6, 6.07) is 10.3. The van der Waals surface area contributed by atoms with E-state index in [9.17, 15) is 4.79 Å². The molecule has 4 atom stereocenters. The predicted molar refractivity (Wildman–Crippen MR) is 90.8 cm³/mol. The van der Waals surface area contributed by atoms with Crippen LogP contribution in [0.4, 0.5) is 0 Å². The SMILES string of the molecule is O=C(OCCc1ccccc1)C1C2C=CC(C2)C1C1CCCC1. The van der Waals surface area contributed by atoms with Crippen LogP contribution in [0, 0.1) is 29.6 Å². The van der Waals surface area contributed by atoms with Crippen molar-refractivity contribution in [2.75, 3.05) is 6.61 Å². The predicted octanol–water partition coefficient (Wildman–Crippen LogP) is 4.40. The van der Waals surface area contributed by atoms with Gasteiger partial charge in [-0.3, -0.25) is 4.79 Å². The van der Waals surface area contributed by atoms with E-state index in [1.807, 2.05) is 18.2 Å². The van der Waals surface area contributed by atoms with Crippen LogP contribution >= 0.6 is 0 Å². The van der Waals surface area contributed by atoms with Gasteiger partial charge in [-0.05, 0) is 35.7 Å². The summed E-state index contributed by atoms with van der Waals surface area (Å²) in [6.07, 6.45) is 12.0. The van der Waals surface area contributed by atoms with Gasteiger partial charge in [0.25, 0.3) is 0 Å². The first-order valence-corrected chi connectivity index (χ1v) is 9.22. The molecular weight excluding hydrogens is 284 g/mol. The van der Waals surface area contributed by atoms with E-state index >= 15 is 0 Å². The second-order valence-corrected chi connectivity index (χ2v) is 7.50. The Labute approximate surface area is 138 Å². The van der Waals surface area contributed by atoms with Gasteiger partial charge < -0.3 is 4.74 Å². The summed E-state index contributed by atoms with van der Waals surface area (Å²) >= 11 is 0. The number of allylic oxidation sites excluding steroid dienone is 2. The first kappa shape index (κ1) is 15.0. The lowest BCUT2D eigenvalue weighted by Gasteiger charge is -2.31. The minimum atomic E-state index is 0.0645. The summed E-state index contributed by atoms with van der Waals surface area (Å²) in [4.78, 5) is 12.7. The van der Waals surface area contributed by atoms with E-state index in [0.717, 1.165) is 12.3 Å². The highest BCUT2D eigenvalue weighted by Gasteiger charge is 2.51. The van der Waals surface area contributed by atoms with Crippen LogP contribution in [-0.4, -0.2) is 12.6 Å². The van der Waals surface area contributed by atoms with Crippen LogP contribution in [0.15, 0.2) is 42.5 Å². The minimum Gasteiger partial charge on any atom is -0.465 e. The van der Waals surface area contributed by atoms with Crippen molar-refractivity contribution in [1.82, 2.24) is 0 Å². The normalized spacial score (nSPS) is 32.5.